The molecule has 0 spiro atoms. The summed E-state index contributed by atoms with van der Waals surface area (Å²) in [5.41, 5.74) is 9.98. The standard InChI is InChI=1S/C45H28N4O/c1-2-13-29(14-3-1)43-46-44(31-15-12-16-32(27-31)49-39-22-9-6-18-34(39)35-19-7-10-23-40(35)49)48-45(47-43)37-21-5-4-17-33(37)30-25-26-42-38(28-30)36-20-8-11-24-41(36)50-42/h1-28H. The summed E-state index contributed by atoms with van der Waals surface area (Å²) in [5, 5.41) is 4.62. The summed E-state index contributed by atoms with van der Waals surface area (Å²) >= 11 is 0. The van der Waals surface area contributed by atoms with E-state index in [-0.39, 0.29) is 0 Å². The van der Waals surface area contributed by atoms with Crippen LogP contribution in [0, 0.1) is 0 Å². The van der Waals surface area contributed by atoms with Gasteiger partial charge in [0.1, 0.15) is 11.2 Å². The first kappa shape index (κ1) is 28.2. The Morgan fingerprint density at radius 3 is 1.72 bits per heavy atom. The third kappa shape index (κ3) is 4.60. The lowest BCUT2D eigenvalue weighted by atomic mass is 9.97. The largest absolute Gasteiger partial charge is 0.456 e. The van der Waals surface area contributed by atoms with Crippen LogP contribution in [0.1, 0.15) is 0 Å². The lowest BCUT2D eigenvalue weighted by Crippen LogP contribution is -2.02. The zero-order valence-electron chi connectivity index (χ0n) is 26.9. The summed E-state index contributed by atoms with van der Waals surface area (Å²) in [5.74, 6) is 1.85. The van der Waals surface area contributed by atoms with Crippen molar-refractivity contribution in [2.45, 2.75) is 0 Å². The molecule has 5 nitrogen and oxygen atoms in total. The van der Waals surface area contributed by atoms with Crippen molar-refractivity contribution < 1.29 is 4.42 Å². The van der Waals surface area contributed by atoms with Gasteiger partial charge in [-0.1, -0.05) is 127 Å². The molecule has 3 aromatic heterocycles. The van der Waals surface area contributed by atoms with Crippen molar-refractivity contribution in [1.29, 1.82) is 0 Å². The van der Waals surface area contributed by atoms with Gasteiger partial charge in [0.15, 0.2) is 17.5 Å². The number of fused-ring (bicyclic) bond motifs is 6. The summed E-state index contributed by atoms with van der Waals surface area (Å²) in [6.07, 6.45) is 0. The molecule has 0 atom stereocenters. The molecule has 0 radical (unpaired) electrons. The van der Waals surface area contributed by atoms with Crippen molar-refractivity contribution in [3.63, 3.8) is 0 Å². The van der Waals surface area contributed by atoms with Crippen molar-refractivity contribution in [2.24, 2.45) is 0 Å². The fourth-order valence-electron chi connectivity index (χ4n) is 7.15. The average Bonchev–Trinajstić information content (AvgIpc) is 3.74. The lowest BCUT2D eigenvalue weighted by Gasteiger charge is -2.13. The smallest absolute Gasteiger partial charge is 0.164 e. The Labute approximate surface area is 287 Å². The molecule has 7 aromatic carbocycles. The summed E-state index contributed by atoms with van der Waals surface area (Å²) in [4.78, 5) is 15.4. The quantitative estimate of drug-likeness (QED) is 0.188. The number of hydrogen-bond acceptors (Lipinski definition) is 4. The summed E-state index contributed by atoms with van der Waals surface area (Å²) in [6, 6.07) is 58.6. The molecule has 234 valence electrons. The molecule has 0 bridgehead atoms. The van der Waals surface area contributed by atoms with Gasteiger partial charge in [-0.25, -0.2) is 15.0 Å². The maximum Gasteiger partial charge on any atom is 0.164 e. The summed E-state index contributed by atoms with van der Waals surface area (Å²) in [6.45, 7) is 0. The molecular weight excluding hydrogens is 613 g/mol. The Morgan fingerprint density at radius 2 is 0.940 bits per heavy atom. The number of hydrogen-bond donors (Lipinski definition) is 0. The van der Waals surface area contributed by atoms with Crippen LogP contribution >= 0.6 is 0 Å². The number of furan rings is 1. The maximum atomic E-state index is 6.14. The van der Waals surface area contributed by atoms with Crippen LogP contribution in [0.2, 0.25) is 0 Å². The summed E-state index contributed by atoms with van der Waals surface area (Å²) in [7, 11) is 0. The van der Waals surface area contributed by atoms with E-state index in [9.17, 15) is 0 Å². The highest BCUT2D eigenvalue weighted by Crippen LogP contribution is 2.37. The van der Waals surface area contributed by atoms with E-state index in [0.29, 0.717) is 17.5 Å². The third-order valence-electron chi connectivity index (χ3n) is 9.47. The number of nitrogens with zero attached hydrogens (tertiary/aromatic N) is 4. The molecule has 10 aromatic rings. The highest BCUT2D eigenvalue weighted by atomic mass is 16.3. The molecule has 0 unspecified atom stereocenters. The minimum absolute atomic E-state index is 0.613. The SMILES string of the molecule is c1ccc(-c2nc(-c3cccc(-n4c5ccccc5c5ccccc54)c3)nc(-c3ccccc3-c3ccc4oc5ccccc5c4c3)n2)cc1. The molecule has 0 saturated carbocycles. The van der Waals surface area contributed by atoms with Crippen LogP contribution in [0.25, 0.3) is 94.7 Å². The van der Waals surface area contributed by atoms with Gasteiger partial charge in [0.05, 0.1) is 11.0 Å². The van der Waals surface area contributed by atoms with Gasteiger partial charge < -0.3 is 8.98 Å². The minimum Gasteiger partial charge on any atom is -0.456 e. The van der Waals surface area contributed by atoms with Gasteiger partial charge in [-0.05, 0) is 53.6 Å². The topological polar surface area (TPSA) is 56.7 Å². The van der Waals surface area contributed by atoms with E-state index < -0.39 is 0 Å². The highest BCUT2D eigenvalue weighted by molar-refractivity contribution is 6.09. The molecule has 0 saturated heterocycles. The van der Waals surface area contributed by atoms with E-state index >= 15 is 0 Å². The predicted molar refractivity (Wildman–Crippen MR) is 203 cm³/mol. The van der Waals surface area contributed by atoms with Crippen molar-refractivity contribution in [3.05, 3.63) is 170 Å². The molecule has 10 rings (SSSR count). The second-order valence-corrected chi connectivity index (χ2v) is 12.4. The molecule has 0 aliphatic heterocycles. The van der Waals surface area contributed by atoms with E-state index in [0.717, 1.165) is 66.5 Å². The maximum absolute atomic E-state index is 6.14. The van der Waals surface area contributed by atoms with E-state index in [1.807, 2.05) is 54.6 Å². The van der Waals surface area contributed by atoms with Crippen LogP contribution in [0.3, 0.4) is 0 Å². The normalized spacial score (nSPS) is 11.6. The zero-order valence-corrected chi connectivity index (χ0v) is 26.9. The van der Waals surface area contributed by atoms with Crippen molar-refractivity contribution >= 4 is 43.7 Å². The first-order chi connectivity index (χ1) is 24.8. The number of benzene rings is 7. The minimum atomic E-state index is 0.613. The Kier molecular flexibility index (Phi) is 6.42. The molecule has 0 aliphatic carbocycles. The van der Waals surface area contributed by atoms with Crippen LogP contribution in [-0.4, -0.2) is 19.5 Å². The number of rotatable bonds is 5. The molecular formula is C45H28N4O. The fraction of sp³-hybridized carbons (Fsp3) is 0. The van der Waals surface area contributed by atoms with Gasteiger partial charge in [0.25, 0.3) is 0 Å². The van der Waals surface area contributed by atoms with E-state index in [2.05, 4.69) is 120 Å². The van der Waals surface area contributed by atoms with E-state index in [4.69, 9.17) is 19.4 Å². The van der Waals surface area contributed by atoms with Crippen molar-refractivity contribution in [2.75, 3.05) is 0 Å². The van der Waals surface area contributed by atoms with Crippen LogP contribution < -0.4 is 0 Å². The van der Waals surface area contributed by atoms with E-state index in [1.54, 1.807) is 0 Å². The van der Waals surface area contributed by atoms with Crippen LogP contribution in [0.15, 0.2) is 174 Å². The van der Waals surface area contributed by atoms with Gasteiger partial charge >= 0.3 is 0 Å². The Hall–Kier alpha value is -6.85. The molecule has 0 aliphatic rings. The average molecular weight is 641 g/mol. The molecule has 0 fully saturated rings. The van der Waals surface area contributed by atoms with Gasteiger partial charge in [-0.2, -0.15) is 0 Å². The van der Waals surface area contributed by atoms with Gasteiger partial charge in [-0.15, -0.1) is 0 Å². The monoisotopic (exact) mass is 640 g/mol. The Bertz CT molecular complexity index is 2830. The lowest BCUT2D eigenvalue weighted by molar-refractivity contribution is 0.669. The number of aromatic nitrogens is 4. The summed E-state index contributed by atoms with van der Waals surface area (Å²) < 4.78 is 8.46. The van der Waals surface area contributed by atoms with Gasteiger partial charge in [-0.3, -0.25) is 0 Å². The molecule has 0 amide bonds. The first-order valence-electron chi connectivity index (χ1n) is 16.7. The van der Waals surface area contributed by atoms with Crippen molar-refractivity contribution in [1.82, 2.24) is 19.5 Å². The number of para-hydroxylation sites is 3. The van der Waals surface area contributed by atoms with Crippen molar-refractivity contribution in [3.8, 4) is 51.0 Å². The fourth-order valence-corrected chi connectivity index (χ4v) is 7.15. The Balaban J connectivity index is 1.16. The molecule has 3 heterocycles. The zero-order chi connectivity index (χ0) is 33.0. The second-order valence-electron chi connectivity index (χ2n) is 12.4. The molecule has 50 heavy (non-hydrogen) atoms. The van der Waals surface area contributed by atoms with Crippen LogP contribution in [-0.2, 0) is 0 Å². The first-order valence-corrected chi connectivity index (χ1v) is 16.7. The van der Waals surface area contributed by atoms with E-state index in [1.165, 1.54) is 10.8 Å². The van der Waals surface area contributed by atoms with Gasteiger partial charge in [0.2, 0.25) is 0 Å². The highest BCUT2D eigenvalue weighted by Gasteiger charge is 2.18. The third-order valence-corrected chi connectivity index (χ3v) is 9.47. The van der Waals surface area contributed by atoms with Crippen LogP contribution in [0.5, 0.6) is 0 Å². The van der Waals surface area contributed by atoms with Crippen LogP contribution in [0.4, 0.5) is 0 Å². The Morgan fingerprint density at radius 1 is 0.360 bits per heavy atom. The molecule has 5 heteroatoms. The second kappa shape index (κ2) is 11.4. The molecule has 0 N–H and O–H groups in total. The van der Waals surface area contributed by atoms with Gasteiger partial charge in [0, 0.05) is 43.9 Å². The predicted octanol–water partition coefficient (Wildman–Crippen LogP) is 11.5.